The second kappa shape index (κ2) is 7.17. The summed E-state index contributed by atoms with van der Waals surface area (Å²) in [4.78, 5) is 20.6. The fourth-order valence-electron chi connectivity index (χ4n) is 3.56. The summed E-state index contributed by atoms with van der Waals surface area (Å²) in [5, 5.41) is 11.4. The summed E-state index contributed by atoms with van der Waals surface area (Å²) in [6.45, 7) is -1.63. The lowest BCUT2D eigenvalue weighted by molar-refractivity contribution is -0.386. The van der Waals surface area contributed by atoms with E-state index in [9.17, 15) is 23.3 Å². The Morgan fingerprint density at radius 3 is 2.54 bits per heavy atom. The van der Waals surface area contributed by atoms with E-state index in [-0.39, 0.29) is 17.6 Å². The van der Waals surface area contributed by atoms with Crippen LogP contribution in [0.2, 0.25) is 0 Å². The van der Waals surface area contributed by atoms with E-state index in [0.29, 0.717) is 12.8 Å². The van der Waals surface area contributed by atoms with Crippen LogP contribution < -0.4 is 21.1 Å². The lowest BCUT2D eigenvalue weighted by Crippen LogP contribution is -2.58. The molecule has 1 aromatic carbocycles. The number of hydrogen-bond acceptors (Lipinski definition) is 8. The molecule has 1 spiro atoms. The molecule has 3 rings (SSSR count). The maximum atomic E-state index is 12.4. The van der Waals surface area contributed by atoms with Crippen LogP contribution in [0.15, 0.2) is 28.2 Å². The van der Waals surface area contributed by atoms with Crippen molar-refractivity contribution in [2.75, 3.05) is 11.5 Å². The lowest BCUT2D eigenvalue weighted by atomic mass is 9.87. The third kappa shape index (κ3) is 3.94. The zero-order valence-corrected chi connectivity index (χ0v) is 14.8. The topological polar surface area (TPSA) is 132 Å². The van der Waals surface area contributed by atoms with Gasteiger partial charge in [0, 0.05) is 6.07 Å². The quantitative estimate of drug-likeness (QED) is 0.590. The minimum atomic E-state index is -4.62. The Morgan fingerprint density at radius 1 is 1.25 bits per heavy atom. The molecule has 1 aliphatic carbocycles. The maximum absolute atomic E-state index is 12.4. The van der Waals surface area contributed by atoms with Gasteiger partial charge >= 0.3 is 11.9 Å². The lowest BCUT2D eigenvalue weighted by Gasteiger charge is -2.45. The van der Waals surface area contributed by atoms with E-state index in [1.165, 1.54) is 6.07 Å². The molecule has 1 fully saturated rings. The number of alkyl halides is 3. The highest BCUT2D eigenvalue weighted by molar-refractivity contribution is 6.05. The Hall–Kier alpha value is -3.05. The van der Waals surface area contributed by atoms with Gasteiger partial charge in [0.2, 0.25) is 11.9 Å². The number of halogens is 3. The smallest absolute Gasteiger partial charge is 0.422 e. The molecule has 1 saturated carbocycles. The van der Waals surface area contributed by atoms with Crippen LogP contribution >= 0.6 is 0 Å². The first-order valence-electron chi connectivity index (χ1n) is 8.59. The Balaban J connectivity index is 2.00. The molecule has 0 amide bonds. The molecule has 12 heteroatoms. The van der Waals surface area contributed by atoms with Crippen LogP contribution in [0.5, 0.6) is 5.75 Å². The first kappa shape index (κ1) is 19.7. The van der Waals surface area contributed by atoms with E-state index in [4.69, 9.17) is 11.5 Å². The molecule has 0 unspecified atom stereocenters. The van der Waals surface area contributed by atoms with Crippen LogP contribution in [0, 0.1) is 10.1 Å². The van der Waals surface area contributed by atoms with Gasteiger partial charge in [0.15, 0.2) is 12.4 Å². The number of hydrogen-bond donors (Lipinski definition) is 2. The van der Waals surface area contributed by atoms with Crippen molar-refractivity contribution in [3.8, 4) is 5.75 Å². The van der Waals surface area contributed by atoms with Crippen molar-refractivity contribution in [1.29, 1.82) is 0 Å². The summed E-state index contributed by atoms with van der Waals surface area (Å²) < 4.78 is 41.8. The van der Waals surface area contributed by atoms with E-state index in [1.54, 1.807) is 4.90 Å². The van der Waals surface area contributed by atoms with Crippen LogP contribution in [0.1, 0.15) is 32.1 Å². The van der Waals surface area contributed by atoms with E-state index in [2.05, 4.69) is 14.7 Å². The molecule has 0 radical (unpaired) electrons. The number of nitro benzene ring substituents is 1. The molecule has 9 nitrogen and oxygen atoms in total. The minimum Gasteiger partial charge on any atom is -0.477 e. The van der Waals surface area contributed by atoms with Gasteiger partial charge in [-0.2, -0.15) is 18.2 Å². The van der Waals surface area contributed by atoms with Crippen molar-refractivity contribution >= 4 is 23.3 Å². The van der Waals surface area contributed by atoms with Gasteiger partial charge in [-0.05, 0) is 37.8 Å². The summed E-state index contributed by atoms with van der Waals surface area (Å²) >= 11 is 0. The first-order chi connectivity index (χ1) is 13.1. The number of rotatable bonds is 4. The summed E-state index contributed by atoms with van der Waals surface area (Å²) in [5.74, 6) is -0.442. The summed E-state index contributed by atoms with van der Waals surface area (Å²) in [5.41, 5.74) is 10.7. The third-order valence-electron chi connectivity index (χ3n) is 4.64. The molecule has 1 heterocycles. The molecule has 4 N–H and O–H groups in total. The number of nitro groups is 1. The third-order valence-corrected chi connectivity index (χ3v) is 4.64. The summed E-state index contributed by atoms with van der Waals surface area (Å²) in [6, 6.07) is 3.63. The molecule has 0 saturated heterocycles. The highest BCUT2D eigenvalue weighted by atomic mass is 19.4. The van der Waals surface area contributed by atoms with Crippen LogP contribution in [0.4, 0.5) is 24.5 Å². The van der Waals surface area contributed by atoms with Gasteiger partial charge in [0.25, 0.3) is 0 Å². The average molecular weight is 400 g/mol. The molecular formula is C16H19F3N6O3. The van der Waals surface area contributed by atoms with Gasteiger partial charge in [0.05, 0.1) is 10.6 Å². The first-order valence-corrected chi connectivity index (χ1v) is 8.59. The Bertz CT molecular complexity index is 833. The second-order valence-electron chi connectivity index (χ2n) is 6.63. The van der Waals surface area contributed by atoms with Crippen molar-refractivity contribution in [2.24, 2.45) is 21.5 Å². The van der Waals surface area contributed by atoms with E-state index in [1.807, 2.05) is 0 Å². The molecule has 0 aromatic heterocycles. The van der Waals surface area contributed by atoms with Crippen molar-refractivity contribution in [1.82, 2.24) is 0 Å². The Kier molecular flexibility index (Phi) is 5.04. The van der Waals surface area contributed by atoms with Gasteiger partial charge in [0.1, 0.15) is 5.66 Å². The van der Waals surface area contributed by atoms with E-state index >= 15 is 0 Å². The second-order valence-corrected chi connectivity index (χ2v) is 6.63. The highest BCUT2D eigenvalue weighted by Crippen LogP contribution is 2.41. The van der Waals surface area contributed by atoms with Crippen LogP contribution in [-0.4, -0.2) is 35.3 Å². The van der Waals surface area contributed by atoms with Crippen molar-refractivity contribution < 1.29 is 22.8 Å². The molecule has 2 aliphatic rings. The number of aliphatic imine (C=N–C) groups is 2. The largest absolute Gasteiger partial charge is 0.477 e. The fraction of sp³-hybridized carbons (Fsp3) is 0.500. The number of nitrogens with two attached hydrogens (primary N) is 2. The van der Waals surface area contributed by atoms with Gasteiger partial charge in [-0.25, -0.2) is 4.99 Å². The molecule has 1 aliphatic heterocycles. The number of ether oxygens (including phenoxy) is 1. The number of anilines is 1. The van der Waals surface area contributed by atoms with Crippen LogP contribution in [0.3, 0.4) is 0 Å². The predicted molar refractivity (Wildman–Crippen MR) is 96.2 cm³/mol. The fourth-order valence-corrected chi connectivity index (χ4v) is 3.56. The Labute approximate surface area is 158 Å². The van der Waals surface area contributed by atoms with Gasteiger partial charge in [-0.3, -0.25) is 15.0 Å². The Morgan fingerprint density at radius 2 is 1.93 bits per heavy atom. The summed E-state index contributed by atoms with van der Waals surface area (Å²) in [7, 11) is 0. The standard InChI is InChI=1S/C16H19F3N6O3/c17-16(18,19)9-28-12-5-4-10(8-11(12)25(26)27)24-14(21)22-13(20)23-15(24)6-2-1-3-7-15/h4-5,8H,1-3,6-7,9H2,(H4,20,21,22,23). The van der Waals surface area contributed by atoms with Crippen molar-refractivity contribution in [3.63, 3.8) is 0 Å². The van der Waals surface area contributed by atoms with Crippen LogP contribution in [0.25, 0.3) is 0 Å². The molecule has 152 valence electrons. The van der Waals surface area contributed by atoms with E-state index in [0.717, 1.165) is 31.4 Å². The minimum absolute atomic E-state index is 0.0210. The monoisotopic (exact) mass is 400 g/mol. The van der Waals surface area contributed by atoms with Crippen molar-refractivity contribution in [2.45, 2.75) is 43.9 Å². The number of benzene rings is 1. The maximum Gasteiger partial charge on any atom is 0.422 e. The van der Waals surface area contributed by atoms with Crippen molar-refractivity contribution in [3.05, 3.63) is 28.3 Å². The molecule has 0 atom stereocenters. The van der Waals surface area contributed by atoms with Crippen LogP contribution in [-0.2, 0) is 0 Å². The number of guanidine groups is 2. The molecule has 1 aromatic rings. The van der Waals surface area contributed by atoms with Gasteiger partial charge in [-0.1, -0.05) is 6.42 Å². The van der Waals surface area contributed by atoms with E-state index < -0.39 is 34.8 Å². The van der Waals surface area contributed by atoms with Gasteiger partial charge in [-0.15, -0.1) is 0 Å². The summed E-state index contributed by atoms with van der Waals surface area (Å²) in [6.07, 6.45) is -0.666. The van der Waals surface area contributed by atoms with Gasteiger partial charge < -0.3 is 16.2 Å². The number of nitrogens with zero attached hydrogens (tertiary/aromatic N) is 4. The molecule has 0 bridgehead atoms. The molecular weight excluding hydrogens is 381 g/mol. The zero-order chi connectivity index (χ0) is 20.5. The highest BCUT2D eigenvalue weighted by Gasteiger charge is 2.43. The SMILES string of the molecule is NC1=NC2(CCCCC2)N(c2ccc(OCC(F)(F)F)c([N+](=O)[O-])c2)C(N)=N1. The normalized spacial score (nSPS) is 19.2. The zero-order valence-electron chi connectivity index (χ0n) is 14.8. The average Bonchev–Trinajstić information content (AvgIpc) is 2.59. The predicted octanol–water partition coefficient (Wildman–Crippen LogP) is 2.65. The molecule has 28 heavy (non-hydrogen) atoms.